The zero-order valence-electron chi connectivity index (χ0n) is 9.76. The zero-order chi connectivity index (χ0) is 10.7. The molecule has 1 aliphatic carbocycles. The van der Waals surface area contributed by atoms with Crippen LogP contribution in [0, 0.1) is 0 Å². The first kappa shape index (κ1) is 11.2. The lowest BCUT2D eigenvalue weighted by Gasteiger charge is -2.38. The van der Waals surface area contributed by atoms with Crippen molar-refractivity contribution < 1.29 is 9.47 Å². The highest BCUT2D eigenvalue weighted by molar-refractivity contribution is 5.02. The van der Waals surface area contributed by atoms with Gasteiger partial charge in [0.15, 0.2) is 6.29 Å². The Morgan fingerprint density at radius 3 is 2.67 bits per heavy atom. The number of hydrogen-bond donors (Lipinski definition) is 0. The van der Waals surface area contributed by atoms with Gasteiger partial charge in [-0.05, 0) is 51.9 Å². The van der Waals surface area contributed by atoms with E-state index in [0.717, 1.165) is 38.7 Å². The van der Waals surface area contributed by atoms with Gasteiger partial charge in [0.05, 0.1) is 5.60 Å². The highest BCUT2D eigenvalue weighted by atomic mass is 16.7. The highest BCUT2D eigenvalue weighted by Crippen LogP contribution is 2.35. The molecule has 0 amide bonds. The van der Waals surface area contributed by atoms with Crippen LogP contribution in [-0.4, -0.2) is 18.5 Å². The van der Waals surface area contributed by atoms with E-state index >= 15 is 0 Å². The average molecular weight is 210 g/mol. The second-order valence-corrected chi connectivity index (χ2v) is 5.11. The minimum Gasteiger partial charge on any atom is -0.353 e. The molecular formula is C13H22O2. The summed E-state index contributed by atoms with van der Waals surface area (Å²) in [6, 6.07) is 0. The summed E-state index contributed by atoms with van der Waals surface area (Å²) in [4.78, 5) is 0. The highest BCUT2D eigenvalue weighted by Gasteiger charge is 2.32. The van der Waals surface area contributed by atoms with Crippen LogP contribution in [0.5, 0.6) is 0 Å². The fourth-order valence-corrected chi connectivity index (χ4v) is 2.37. The second-order valence-electron chi connectivity index (χ2n) is 5.11. The van der Waals surface area contributed by atoms with Crippen LogP contribution in [0.4, 0.5) is 0 Å². The number of hydrogen-bond acceptors (Lipinski definition) is 2. The van der Waals surface area contributed by atoms with Crippen molar-refractivity contribution in [3.63, 3.8) is 0 Å². The molecule has 2 nitrogen and oxygen atoms in total. The Hall–Kier alpha value is -0.340. The van der Waals surface area contributed by atoms with E-state index < -0.39 is 0 Å². The third kappa shape index (κ3) is 3.05. The Labute approximate surface area is 92.6 Å². The molecule has 1 aliphatic heterocycles. The van der Waals surface area contributed by atoms with Gasteiger partial charge in [0.1, 0.15) is 0 Å². The molecule has 2 rings (SSSR count). The maximum atomic E-state index is 6.10. The first-order valence-corrected chi connectivity index (χ1v) is 6.14. The largest absolute Gasteiger partial charge is 0.353 e. The molecule has 2 fully saturated rings. The molecule has 0 aromatic carbocycles. The van der Waals surface area contributed by atoms with Crippen molar-refractivity contribution in [3.05, 3.63) is 12.2 Å². The third-order valence-electron chi connectivity index (χ3n) is 3.57. The molecule has 1 heterocycles. The van der Waals surface area contributed by atoms with Gasteiger partial charge in [-0.2, -0.15) is 0 Å². The lowest BCUT2D eigenvalue weighted by Crippen LogP contribution is -2.38. The van der Waals surface area contributed by atoms with Crippen LogP contribution >= 0.6 is 0 Å². The number of rotatable bonds is 2. The molecule has 2 heteroatoms. The fraction of sp³-hybridized carbons (Fsp3) is 0.846. The summed E-state index contributed by atoms with van der Waals surface area (Å²) in [5.41, 5.74) is 1.41. The van der Waals surface area contributed by atoms with Gasteiger partial charge in [-0.3, -0.25) is 0 Å². The Morgan fingerprint density at radius 1 is 1.33 bits per heavy atom. The van der Waals surface area contributed by atoms with Crippen molar-refractivity contribution in [2.24, 2.45) is 0 Å². The molecule has 86 valence electrons. The molecule has 0 bridgehead atoms. The van der Waals surface area contributed by atoms with E-state index in [2.05, 4.69) is 13.5 Å². The van der Waals surface area contributed by atoms with E-state index in [1.165, 1.54) is 18.4 Å². The van der Waals surface area contributed by atoms with Crippen LogP contribution in [0.3, 0.4) is 0 Å². The SMILES string of the molecule is C=C1CCC(C)(O[C@@H]2CCCCO2)CC1. The van der Waals surface area contributed by atoms with Crippen molar-refractivity contribution >= 4 is 0 Å². The smallest absolute Gasteiger partial charge is 0.158 e. The fourth-order valence-electron chi connectivity index (χ4n) is 2.37. The molecule has 0 spiro atoms. The Bertz CT molecular complexity index is 219. The Kier molecular flexibility index (Phi) is 3.47. The van der Waals surface area contributed by atoms with Crippen LogP contribution in [0.15, 0.2) is 12.2 Å². The van der Waals surface area contributed by atoms with Gasteiger partial charge in [-0.15, -0.1) is 0 Å². The summed E-state index contributed by atoms with van der Waals surface area (Å²) in [6.07, 6.45) is 7.98. The molecule has 0 aromatic heterocycles. The summed E-state index contributed by atoms with van der Waals surface area (Å²) in [5.74, 6) is 0. The monoisotopic (exact) mass is 210 g/mol. The number of ether oxygens (including phenoxy) is 2. The first-order chi connectivity index (χ1) is 7.18. The molecule has 0 unspecified atom stereocenters. The topological polar surface area (TPSA) is 18.5 Å². The van der Waals surface area contributed by atoms with E-state index in [0.29, 0.717) is 0 Å². The van der Waals surface area contributed by atoms with Crippen molar-refractivity contribution in [1.29, 1.82) is 0 Å². The molecule has 0 radical (unpaired) electrons. The van der Waals surface area contributed by atoms with Gasteiger partial charge in [-0.1, -0.05) is 12.2 Å². The Morgan fingerprint density at radius 2 is 2.07 bits per heavy atom. The van der Waals surface area contributed by atoms with Crippen molar-refractivity contribution in [3.8, 4) is 0 Å². The van der Waals surface area contributed by atoms with E-state index in [1.807, 2.05) is 0 Å². The molecular weight excluding hydrogens is 188 g/mol. The van der Waals surface area contributed by atoms with Crippen molar-refractivity contribution in [1.82, 2.24) is 0 Å². The molecule has 0 N–H and O–H groups in total. The van der Waals surface area contributed by atoms with E-state index in [-0.39, 0.29) is 11.9 Å². The summed E-state index contributed by atoms with van der Waals surface area (Å²) < 4.78 is 11.7. The number of allylic oxidation sites excluding steroid dienone is 1. The minimum absolute atomic E-state index is 0.0309. The maximum absolute atomic E-state index is 6.10. The lowest BCUT2D eigenvalue weighted by molar-refractivity contribution is -0.225. The molecule has 2 aliphatic rings. The molecule has 1 atom stereocenters. The van der Waals surface area contributed by atoms with Gasteiger partial charge >= 0.3 is 0 Å². The standard InChI is InChI=1S/C13H22O2/c1-11-6-8-13(2,9-7-11)15-12-5-3-4-10-14-12/h12H,1,3-10H2,2H3/t12-/m1/s1. The van der Waals surface area contributed by atoms with Gasteiger partial charge < -0.3 is 9.47 Å². The van der Waals surface area contributed by atoms with Crippen LogP contribution in [-0.2, 0) is 9.47 Å². The minimum atomic E-state index is 0.0309. The summed E-state index contributed by atoms with van der Waals surface area (Å²) in [5, 5.41) is 0. The van der Waals surface area contributed by atoms with Gasteiger partial charge in [-0.25, -0.2) is 0 Å². The van der Waals surface area contributed by atoms with Crippen LogP contribution in [0.2, 0.25) is 0 Å². The predicted octanol–water partition coefficient (Wildman–Crippen LogP) is 3.42. The lowest BCUT2D eigenvalue weighted by atomic mass is 9.84. The van der Waals surface area contributed by atoms with Crippen molar-refractivity contribution in [2.75, 3.05) is 6.61 Å². The third-order valence-corrected chi connectivity index (χ3v) is 3.57. The maximum Gasteiger partial charge on any atom is 0.158 e. The second kappa shape index (κ2) is 4.67. The average Bonchev–Trinajstić information content (AvgIpc) is 2.24. The van der Waals surface area contributed by atoms with Crippen molar-refractivity contribution in [2.45, 2.75) is 63.8 Å². The molecule has 1 saturated heterocycles. The van der Waals surface area contributed by atoms with E-state index in [9.17, 15) is 0 Å². The zero-order valence-corrected chi connectivity index (χ0v) is 9.76. The Balaban J connectivity index is 1.83. The van der Waals surface area contributed by atoms with E-state index in [1.54, 1.807) is 0 Å². The van der Waals surface area contributed by atoms with E-state index in [4.69, 9.17) is 9.47 Å². The van der Waals surface area contributed by atoms with Gasteiger partial charge in [0.25, 0.3) is 0 Å². The summed E-state index contributed by atoms with van der Waals surface area (Å²) in [7, 11) is 0. The van der Waals surface area contributed by atoms with Crippen LogP contribution < -0.4 is 0 Å². The van der Waals surface area contributed by atoms with Crippen LogP contribution in [0.1, 0.15) is 51.9 Å². The summed E-state index contributed by atoms with van der Waals surface area (Å²) in [6.45, 7) is 7.13. The quantitative estimate of drug-likeness (QED) is 0.650. The first-order valence-electron chi connectivity index (χ1n) is 6.14. The predicted molar refractivity (Wildman–Crippen MR) is 60.7 cm³/mol. The normalized spacial score (nSPS) is 31.5. The van der Waals surface area contributed by atoms with Crippen LogP contribution in [0.25, 0.3) is 0 Å². The van der Waals surface area contributed by atoms with Gasteiger partial charge in [0.2, 0.25) is 0 Å². The molecule has 0 aromatic rings. The molecule has 15 heavy (non-hydrogen) atoms. The van der Waals surface area contributed by atoms with Gasteiger partial charge in [0, 0.05) is 6.61 Å². The summed E-state index contributed by atoms with van der Waals surface area (Å²) >= 11 is 0. The molecule has 1 saturated carbocycles.